The maximum atomic E-state index is 12.4. The molecule has 2 aliphatic heterocycles. The molecule has 12 heteroatoms. The van der Waals surface area contributed by atoms with Gasteiger partial charge in [0.1, 0.15) is 5.75 Å². The summed E-state index contributed by atoms with van der Waals surface area (Å²) in [6, 6.07) is 6.23. The first kappa shape index (κ1) is 21.7. The van der Waals surface area contributed by atoms with E-state index in [-0.39, 0.29) is 32.6 Å². The topological polar surface area (TPSA) is 150 Å². The van der Waals surface area contributed by atoms with Crippen molar-refractivity contribution in [2.45, 2.75) is 13.8 Å². The molecule has 1 amide bonds. The third-order valence-corrected chi connectivity index (χ3v) is 7.24. The Hall–Kier alpha value is -2.99. The van der Waals surface area contributed by atoms with E-state index in [4.69, 9.17) is 15.3 Å². The lowest BCUT2D eigenvalue weighted by molar-refractivity contribution is -0.139. The van der Waals surface area contributed by atoms with E-state index < -0.39 is 28.3 Å². The van der Waals surface area contributed by atoms with E-state index >= 15 is 0 Å². The molecule has 1 aromatic rings. The lowest BCUT2D eigenvalue weighted by Crippen LogP contribution is -2.35. The van der Waals surface area contributed by atoms with Crippen LogP contribution >= 0.6 is 11.8 Å². The molecule has 0 unspecified atom stereocenters. The second-order valence-electron chi connectivity index (χ2n) is 6.81. The van der Waals surface area contributed by atoms with Gasteiger partial charge in [-0.25, -0.2) is 13.2 Å². The standard InChI is InChI=1S/C18H18N4O6S2/c1-10(2)9-30(26,27)18-21-22-15(19)13(16(25)20-17(22)29-18)7-11-3-5-12(6-4-11)28-8-14(23)24/h3-7,10,19H,8-9H2,1-2H3,(H,23,24)/b13-7+,19-15?. The van der Waals surface area contributed by atoms with Gasteiger partial charge in [0, 0.05) is 0 Å². The Morgan fingerprint density at radius 1 is 1.33 bits per heavy atom. The number of aliphatic imine (C=N–C) groups is 1. The summed E-state index contributed by atoms with van der Waals surface area (Å²) in [5, 5.41) is 22.0. The van der Waals surface area contributed by atoms with Crippen LogP contribution in [-0.2, 0) is 19.4 Å². The number of rotatable bonds is 6. The van der Waals surface area contributed by atoms with Gasteiger partial charge in [0.05, 0.1) is 11.3 Å². The van der Waals surface area contributed by atoms with Crippen molar-refractivity contribution in [2.75, 3.05) is 12.4 Å². The van der Waals surface area contributed by atoms with E-state index in [2.05, 4.69) is 10.1 Å². The molecule has 0 radical (unpaired) electrons. The van der Waals surface area contributed by atoms with Crippen molar-refractivity contribution in [3.05, 3.63) is 35.4 Å². The van der Waals surface area contributed by atoms with Gasteiger partial charge < -0.3 is 9.84 Å². The van der Waals surface area contributed by atoms with Crippen LogP contribution in [0.15, 0.2) is 39.9 Å². The number of nitrogens with one attached hydrogen (secondary N) is 1. The number of fused-ring (bicyclic) bond motifs is 1. The first-order chi connectivity index (χ1) is 14.1. The molecule has 2 aliphatic rings. The molecular formula is C18H18N4O6S2. The number of carbonyl (C=O) groups is 2. The minimum Gasteiger partial charge on any atom is -0.482 e. The van der Waals surface area contributed by atoms with E-state index in [9.17, 15) is 18.0 Å². The highest BCUT2D eigenvalue weighted by molar-refractivity contribution is 8.42. The highest BCUT2D eigenvalue weighted by Gasteiger charge is 2.39. The van der Waals surface area contributed by atoms with Crippen LogP contribution in [0.3, 0.4) is 0 Å². The van der Waals surface area contributed by atoms with E-state index in [0.717, 1.165) is 16.8 Å². The summed E-state index contributed by atoms with van der Waals surface area (Å²) in [5.41, 5.74) is 0.498. The second kappa shape index (κ2) is 8.40. The first-order valence-corrected chi connectivity index (χ1v) is 11.2. The molecule has 30 heavy (non-hydrogen) atoms. The molecule has 0 spiro atoms. The third kappa shape index (κ3) is 4.76. The monoisotopic (exact) mass is 450 g/mol. The minimum absolute atomic E-state index is 0.0295. The number of aliphatic carboxylic acids is 1. The third-order valence-electron chi connectivity index (χ3n) is 3.81. The highest BCUT2D eigenvalue weighted by atomic mass is 32.3. The number of carboxylic acids is 1. The van der Waals surface area contributed by atoms with Crippen molar-refractivity contribution in [3.63, 3.8) is 0 Å². The molecule has 0 saturated heterocycles. The fraction of sp³-hybridized carbons (Fsp3) is 0.278. The Morgan fingerprint density at radius 2 is 2.00 bits per heavy atom. The number of carboxylic acid groups (broad SMARTS) is 1. The van der Waals surface area contributed by atoms with Gasteiger partial charge in [-0.05, 0) is 41.5 Å². The van der Waals surface area contributed by atoms with Crippen molar-refractivity contribution in [2.24, 2.45) is 16.0 Å². The van der Waals surface area contributed by atoms with Crippen molar-refractivity contribution in [1.82, 2.24) is 5.01 Å². The molecular weight excluding hydrogens is 432 g/mol. The summed E-state index contributed by atoms with van der Waals surface area (Å²) in [7, 11) is -3.64. The zero-order chi connectivity index (χ0) is 22.1. The first-order valence-electron chi connectivity index (χ1n) is 8.74. The summed E-state index contributed by atoms with van der Waals surface area (Å²) in [4.78, 5) is 26.8. The number of sulfone groups is 1. The fourth-order valence-electron chi connectivity index (χ4n) is 2.58. The summed E-state index contributed by atoms with van der Waals surface area (Å²) in [6.07, 6.45) is 1.42. The van der Waals surface area contributed by atoms with E-state index in [0.29, 0.717) is 11.3 Å². The number of benzene rings is 1. The lowest BCUT2D eigenvalue weighted by atomic mass is 10.1. The smallest absolute Gasteiger partial charge is 0.341 e. The second-order valence-corrected chi connectivity index (χ2v) is 9.98. The quantitative estimate of drug-likeness (QED) is 0.623. The number of hydrogen-bond acceptors (Lipinski definition) is 8. The van der Waals surface area contributed by atoms with Crippen molar-refractivity contribution >= 4 is 54.9 Å². The average Bonchev–Trinajstić information content (AvgIpc) is 3.08. The van der Waals surface area contributed by atoms with Crippen LogP contribution in [0.4, 0.5) is 0 Å². The Bertz CT molecular complexity index is 1100. The van der Waals surface area contributed by atoms with E-state index in [1.165, 1.54) is 18.2 Å². The van der Waals surface area contributed by atoms with Crippen LogP contribution in [0.1, 0.15) is 19.4 Å². The fourth-order valence-corrected chi connectivity index (χ4v) is 5.37. The van der Waals surface area contributed by atoms with Crippen LogP contribution in [0.2, 0.25) is 0 Å². The normalized spacial score (nSPS) is 17.8. The SMILES string of the molecule is CC(C)CS(=O)(=O)C1=NN2C(=N)/C(=C\c3ccc(OCC(=O)O)cc3)C(=O)N=C2S1. The number of carbonyl (C=O) groups excluding carboxylic acids is 1. The van der Waals surface area contributed by atoms with Gasteiger partial charge in [0.25, 0.3) is 5.91 Å². The largest absolute Gasteiger partial charge is 0.482 e. The molecule has 0 bridgehead atoms. The molecule has 2 N–H and O–H groups in total. The molecule has 0 fully saturated rings. The molecule has 3 rings (SSSR count). The van der Waals surface area contributed by atoms with Gasteiger partial charge in [0.2, 0.25) is 19.4 Å². The van der Waals surface area contributed by atoms with Gasteiger partial charge in [-0.3, -0.25) is 10.2 Å². The zero-order valence-corrected chi connectivity index (χ0v) is 17.7. The predicted octanol–water partition coefficient (Wildman–Crippen LogP) is 1.80. The van der Waals surface area contributed by atoms with Gasteiger partial charge >= 0.3 is 5.97 Å². The Kier molecular flexibility index (Phi) is 6.08. The number of nitrogens with zero attached hydrogens (tertiary/aromatic N) is 3. The van der Waals surface area contributed by atoms with Crippen LogP contribution < -0.4 is 4.74 Å². The highest BCUT2D eigenvalue weighted by Crippen LogP contribution is 2.31. The minimum atomic E-state index is -3.64. The zero-order valence-electron chi connectivity index (χ0n) is 16.0. The van der Waals surface area contributed by atoms with Crippen molar-refractivity contribution < 1.29 is 27.9 Å². The van der Waals surface area contributed by atoms with Crippen LogP contribution in [-0.4, -0.2) is 58.1 Å². The molecule has 158 valence electrons. The molecule has 10 nitrogen and oxygen atoms in total. The number of amides is 1. The molecule has 0 aliphatic carbocycles. The molecule has 2 heterocycles. The lowest BCUT2D eigenvalue weighted by Gasteiger charge is -2.20. The summed E-state index contributed by atoms with van der Waals surface area (Å²) >= 11 is 0.754. The van der Waals surface area contributed by atoms with Gasteiger partial charge in [0.15, 0.2) is 12.4 Å². The summed E-state index contributed by atoms with van der Waals surface area (Å²) < 4.78 is 29.7. The number of thioether (sulfide) groups is 1. The number of ether oxygens (including phenoxy) is 1. The van der Waals surface area contributed by atoms with Gasteiger partial charge in [-0.2, -0.15) is 10.0 Å². The van der Waals surface area contributed by atoms with Crippen LogP contribution in [0.25, 0.3) is 6.08 Å². The Morgan fingerprint density at radius 3 is 2.60 bits per heavy atom. The van der Waals surface area contributed by atoms with Crippen LogP contribution in [0, 0.1) is 11.3 Å². The van der Waals surface area contributed by atoms with Crippen molar-refractivity contribution in [3.8, 4) is 5.75 Å². The molecule has 0 atom stereocenters. The van der Waals surface area contributed by atoms with Gasteiger partial charge in [-0.1, -0.05) is 26.0 Å². The summed E-state index contributed by atoms with van der Waals surface area (Å²) in [6.45, 7) is 3.06. The number of hydrazone groups is 1. The Balaban J connectivity index is 1.83. The maximum absolute atomic E-state index is 12.4. The molecule has 1 aromatic carbocycles. The number of amidine groups is 2. The van der Waals surface area contributed by atoms with Crippen LogP contribution in [0.5, 0.6) is 5.75 Å². The van der Waals surface area contributed by atoms with Gasteiger partial charge in [-0.15, -0.1) is 5.10 Å². The number of hydrogen-bond donors (Lipinski definition) is 2. The average molecular weight is 450 g/mol. The molecule has 0 saturated carbocycles. The maximum Gasteiger partial charge on any atom is 0.341 e. The van der Waals surface area contributed by atoms with Crippen molar-refractivity contribution in [1.29, 1.82) is 5.41 Å². The summed E-state index contributed by atoms with van der Waals surface area (Å²) in [5.74, 6) is -1.92. The van der Waals surface area contributed by atoms with E-state index in [1.807, 2.05) is 0 Å². The molecule has 0 aromatic heterocycles. The van der Waals surface area contributed by atoms with E-state index in [1.54, 1.807) is 26.0 Å². The predicted molar refractivity (Wildman–Crippen MR) is 113 cm³/mol. The Labute approximate surface area is 176 Å².